The van der Waals surface area contributed by atoms with Crippen LogP contribution in [-0.4, -0.2) is 40.4 Å². The molecule has 20 heavy (non-hydrogen) atoms. The second-order valence-corrected chi connectivity index (χ2v) is 5.25. The molecule has 1 aromatic rings. The standard InChI is InChI=1S/C14H20N4O2/c1-18(9-10-4-2-3-5-10)14(19)12-7-6-11(8-16-12)13(15)17-20/h6-8,10,20H,2-5,9H2,1H3,(H2,15,17). The van der Waals surface area contributed by atoms with Crippen molar-refractivity contribution in [3.05, 3.63) is 29.6 Å². The van der Waals surface area contributed by atoms with Crippen LogP contribution in [0.5, 0.6) is 0 Å². The first kappa shape index (κ1) is 14.3. The first-order valence-electron chi connectivity index (χ1n) is 6.81. The zero-order valence-electron chi connectivity index (χ0n) is 11.6. The quantitative estimate of drug-likeness (QED) is 0.377. The molecule has 2 rings (SSSR count). The highest BCUT2D eigenvalue weighted by atomic mass is 16.4. The van der Waals surface area contributed by atoms with Gasteiger partial charge in [0.05, 0.1) is 0 Å². The van der Waals surface area contributed by atoms with Crippen molar-refractivity contribution in [2.24, 2.45) is 16.8 Å². The Morgan fingerprint density at radius 3 is 2.75 bits per heavy atom. The van der Waals surface area contributed by atoms with Gasteiger partial charge in [0.15, 0.2) is 5.84 Å². The van der Waals surface area contributed by atoms with Crippen LogP contribution in [0, 0.1) is 5.92 Å². The molecule has 3 N–H and O–H groups in total. The fourth-order valence-electron chi connectivity index (χ4n) is 2.59. The number of rotatable bonds is 4. The van der Waals surface area contributed by atoms with Gasteiger partial charge in [0, 0.05) is 25.4 Å². The van der Waals surface area contributed by atoms with Crippen LogP contribution in [0.2, 0.25) is 0 Å². The fraction of sp³-hybridized carbons (Fsp3) is 0.500. The second-order valence-electron chi connectivity index (χ2n) is 5.25. The molecule has 1 heterocycles. The maximum Gasteiger partial charge on any atom is 0.272 e. The van der Waals surface area contributed by atoms with Crippen molar-refractivity contribution in [1.82, 2.24) is 9.88 Å². The molecule has 1 aliphatic rings. The van der Waals surface area contributed by atoms with Crippen molar-refractivity contribution in [3.8, 4) is 0 Å². The SMILES string of the molecule is CN(CC1CCCC1)C(=O)c1ccc(C(N)=NO)cn1. The van der Waals surface area contributed by atoms with Gasteiger partial charge in [-0.1, -0.05) is 18.0 Å². The van der Waals surface area contributed by atoms with Crippen molar-refractivity contribution >= 4 is 11.7 Å². The first-order chi connectivity index (χ1) is 9.61. The van der Waals surface area contributed by atoms with E-state index in [2.05, 4.69) is 10.1 Å². The van der Waals surface area contributed by atoms with Crippen LogP contribution >= 0.6 is 0 Å². The summed E-state index contributed by atoms with van der Waals surface area (Å²) in [5.74, 6) is 0.499. The zero-order valence-corrected chi connectivity index (χ0v) is 11.6. The van der Waals surface area contributed by atoms with E-state index in [1.165, 1.54) is 31.9 Å². The average molecular weight is 276 g/mol. The van der Waals surface area contributed by atoms with E-state index in [0.717, 1.165) is 6.54 Å². The molecule has 108 valence electrons. The van der Waals surface area contributed by atoms with Crippen LogP contribution in [0.25, 0.3) is 0 Å². The van der Waals surface area contributed by atoms with Crippen LogP contribution in [0.15, 0.2) is 23.5 Å². The highest BCUT2D eigenvalue weighted by molar-refractivity contribution is 5.98. The Morgan fingerprint density at radius 2 is 2.20 bits per heavy atom. The molecular formula is C14H20N4O2. The van der Waals surface area contributed by atoms with Crippen molar-refractivity contribution in [3.63, 3.8) is 0 Å². The van der Waals surface area contributed by atoms with Gasteiger partial charge in [-0.25, -0.2) is 0 Å². The molecule has 0 aliphatic heterocycles. The van der Waals surface area contributed by atoms with Gasteiger partial charge >= 0.3 is 0 Å². The summed E-state index contributed by atoms with van der Waals surface area (Å²) in [5, 5.41) is 11.5. The van der Waals surface area contributed by atoms with Crippen molar-refractivity contribution in [2.45, 2.75) is 25.7 Å². The Kier molecular flexibility index (Phi) is 4.55. The number of pyridine rings is 1. The summed E-state index contributed by atoms with van der Waals surface area (Å²) in [6.45, 7) is 0.780. The largest absolute Gasteiger partial charge is 0.409 e. The lowest BCUT2D eigenvalue weighted by atomic mass is 10.1. The van der Waals surface area contributed by atoms with Gasteiger partial charge in [0.2, 0.25) is 0 Å². The highest BCUT2D eigenvalue weighted by Crippen LogP contribution is 2.25. The number of amides is 1. The molecule has 1 saturated carbocycles. The van der Waals surface area contributed by atoms with Crippen LogP contribution in [0.4, 0.5) is 0 Å². The van der Waals surface area contributed by atoms with E-state index < -0.39 is 0 Å². The maximum absolute atomic E-state index is 12.2. The lowest BCUT2D eigenvalue weighted by Gasteiger charge is -2.20. The molecule has 0 spiro atoms. The summed E-state index contributed by atoms with van der Waals surface area (Å²) in [4.78, 5) is 18.0. The first-order valence-corrected chi connectivity index (χ1v) is 6.81. The van der Waals surface area contributed by atoms with Crippen molar-refractivity contribution in [2.75, 3.05) is 13.6 Å². The van der Waals surface area contributed by atoms with Crippen LogP contribution in [0.3, 0.4) is 0 Å². The Morgan fingerprint density at radius 1 is 1.50 bits per heavy atom. The second kappa shape index (κ2) is 6.36. The lowest BCUT2D eigenvalue weighted by molar-refractivity contribution is 0.0767. The number of carbonyl (C=O) groups excluding carboxylic acids is 1. The molecule has 1 aliphatic carbocycles. The van der Waals surface area contributed by atoms with Crippen LogP contribution in [0.1, 0.15) is 41.7 Å². The maximum atomic E-state index is 12.2. The number of carbonyl (C=O) groups is 1. The minimum atomic E-state index is -0.0945. The van der Waals surface area contributed by atoms with Gasteiger partial charge in [-0.2, -0.15) is 0 Å². The molecule has 1 fully saturated rings. The lowest BCUT2D eigenvalue weighted by Crippen LogP contribution is -2.31. The normalized spacial score (nSPS) is 16.4. The summed E-state index contributed by atoms with van der Waals surface area (Å²) < 4.78 is 0. The topological polar surface area (TPSA) is 91.8 Å². The van der Waals surface area contributed by atoms with E-state index in [-0.39, 0.29) is 11.7 Å². The summed E-state index contributed by atoms with van der Waals surface area (Å²) >= 11 is 0. The predicted molar refractivity (Wildman–Crippen MR) is 75.7 cm³/mol. The zero-order chi connectivity index (χ0) is 14.5. The Labute approximate surface area is 118 Å². The molecule has 1 amide bonds. The van der Waals surface area contributed by atoms with E-state index >= 15 is 0 Å². The smallest absolute Gasteiger partial charge is 0.272 e. The monoisotopic (exact) mass is 276 g/mol. The molecule has 0 aromatic carbocycles. The van der Waals surface area contributed by atoms with E-state index in [1.807, 2.05) is 0 Å². The summed E-state index contributed by atoms with van der Waals surface area (Å²) in [6.07, 6.45) is 6.37. The van der Waals surface area contributed by atoms with E-state index in [9.17, 15) is 4.79 Å². The number of hydrogen-bond donors (Lipinski definition) is 2. The molecule has 0 bridgehead atoms. The van der Waals surface area contributed by atoms with Crippen molar-refractivity contribution < 1.29 is 10.0 Å². The van der Waals surface area contributed by atoms with Gasteiger partial charge in [-0.3, -0.25) is 9.78 Å². The third kappa shape index (κ3) is 3.26. The minimum Gasteiger partial charge on any atom is -0.409 e. The summed E-state index contributed by atoms with van der Waals surface area (Å²) in [6, 6.07) is 3.22. The van der Waals surface area contributed by atoms with E-state index in [1.54, 1.807) is 24.1 Å². The van der Waals surface area contributed by atoms with Crippen molar-refractivity contribution in [1.29, 1.82) is 0 Å². The highest BCUT2D eigenvalue weighted by Gasteiger charge is 2.20. The molecule has 6 heteroatoms. The Balaban J connectivity index is 2.00. The number of aromatic nitrogens is 1. The van der Waals surface area contributed by atoms with Crippen LogP contribution in [-0.2, 0) is 0 Å². The molecular weight excluding hydrogens is 256 g/mol. The third-order valence-corrected chi connectivity index (χ3v) is 3.74. The molecule has 0 unspecified atom stereocenters. The van der Waals surface area contributed by atoms with Gasteiger partial charge in [0.1, 0.15) is 5.69 Å². The van der Waals surface area contributed by atoms with Gasteiger partial charge < -0.3 is 15.8 Å². The molecule has 6 nitrogen and oxygen atoms in total. The Hall–Kier alpha value is -2.11. The number of hydrogen-bond acceptors (Lipinski definition) is 4. The summed E-state index contributed by atoms with van der Waals surface area (Å²) in [7, 11) is 1.81. The third-order valence-electron chi connectivity index (χ3n) is 3.74. The molecule has 0 saturated heterocycles. The van der Waals surface area contributed by atoms with Gasteiger partial charge in [0.25, 0.3) is 5.91 Å². The molecule has 0 radical (unpaired) electrons. The van der Waals surface area contributed by atoms with Gasteiger partial charge in [-0.15, -0.1) is 0 Å². The number of amidine groups is 1. The Bertz CT molecular complexity index is 492. The minimum absolute atomic E-state index is 0.0178. The number of oxime groups is 1. The molecule has 1 aromatic heterocycles. The number of nitrogens with two attached hydrogens (primary N) is 1. The predicted octanol–water partition coefficient (Wildman–Crippen LogP) is 1.44. The summed E-state index contributed by atoms with van der Waals surface area (Å²) in [5.41, 5.74) is 6.32. The van der Waals surface area contributed by atoms with E-state index in [0.29, 0.717) is 17.2 Å². The van der Waals surface area contributed by atoms with E-state index in [4.69, 9.17) is 10.9 Å². The average Bonchev–Trinajstić information content (AvgIpc) is 2.98. The van der Waals surface area contributed by atoms with Gasteiger partial charge in [-0.05, 0) is 30.9 Å². The molecule has 0 atom stereocenters. The number of nitrogens with zero attached hydrogens (tertiary/aromatic N) is 3. The van der Waals surface area contributed by atoms with Crippen LogP contribution < -0.4 is 5.73 Å². The fourth-order valence-corrected chi connectivity index (χ4v) is 2.59.